The third kappa shape index (κ3) is 5.30. The van der Waals surface area contributed by atoms with Gasteiger partial charge in [0, 0.05) is 29.6 Å². The fourth-order valence-electron chi connectivity index (χ4n) is 4.87. The van der Waals surface area contributed by atoms with Gasteiger partial charge in [-0.2, -0.15) is 0 Å². The maximum atomic E-state index is 13.3. The number of para-hydroxylation sites is 1. The second-order valence-corrected chi connectivity index (χ2v) is 10.4. The van der Waals surface area contributed by atoms with Crippen LogP contribution in [0.1, 0.15) is 74.7 Å². The standard InChI is InChI=1S/C29H38N6O2/c1-8-24(27-31-32-33-35(27)29(5,6)9-2)34(17-21-12-10-11-13-25(21)37-7)18-22-16-23-19(3)14-15-20(4)26(23)30-28(22)36/h10-16,24H,8-9,17-18H2,1-7H3,(H,30,36). The lowest BCUT2D eigenvalue weighted by molar-refractivity contribution is 0.149. The van der Waals surface area contributed by atoms with Crippen molar-refractivity contribution < 1.29 is 4.74 Å². The molecule has 0 aliphatic carbocycles. The number of nitrogens with one attached hydrogen (secondary N) is 1. The smallest absolute Gasteiger partial charge is 0.252 e. The van der Waals surface area contributed by atoms with Crippen LogP contribution in [0.2, 0.25) is 0 Å². The summed E-state index contributed by atoms with van der Waals surface area (Å²) in [5.74, 6) is 1.61. The topological polar surface area (TPSA) is 88.9 Å². The molecule has 1 atom stereocenters. The highest BCUT2D eigenvalue weighted by molar-refractivity contribution is 5.85. The number of nitrogens with zero attached hydrogens (tertiary/aromatic N) is 5. The zero-order valence-corrected chi connectivity index (χ0v) is 23.0. The Labute approximate surface area is 218 Å². The lowest BCUT2D eigenvalue weighted by atomic mass is 10.0. The number of tetrazole rings is 1. The molecule has 8 heteroatoms. The minimum absolute atomic E-state index is 0.0745. The van der Waals surface area contributed by atoms with E-state index in [2.05, 4.69) is 72.2 Å². The minimum atomic E-state index is -0.239. The molecular formula is C29H38N6O2. The first-order chi connectivity index (χ1) is 17.7. The Bertz CT molecular complexity index is 1440. The van der Waals surface area contributed by atoms with Crippen molar-refractivity contribution in [2.24, 2.45) is 0 Å². The van der Waals surface area contributed by atoms with Crippen LogP contribution in [0.15, 0.2) is 47.3 Å². The Morgan fingerprint density at radius 1 is 1.05 bits per heavy atom. The number of hydrogen-bond acceptors (Lipinski definition) is 6. The SMILES string of the molecule is CCC(c1nnnn1C(C)(C)CC)N(Cc1ccccc1OC)Cc1cc2c(C)ccc(C)c2[nH]c1=O. The van der Waals surface area contributed by atoms with E-state index < -0.39 is 0 Å². The molecule has 2 heterocycles. The molecule has 1 unspecified atom stereocenters. The van der Waals surface area contributed by atoms with E-state index in [0.29, 0.717) is 18.7 Å². The summed E-state index contributed by atoms with van der Waals surface area (Å²) in [6, 6.07) is 14.1. The average molecular weight is 503 g/mol. The summed E-state index contributed by atoms with van der Waals surface area (Å²) >= 11 is 0. The highest BCUT2D eigenvalue weighted by Crippen LogP contribution is 2.32. The zero-order chi connectivity index (χ0) is 26.7. The molecule has 2 aromatic carbocycles. The van der Waals surface area contributed by atoms with Gasteiger partial charge in [-0.25, -0.2) is 4.68 Å². The Hall–Kier alpha value is -3.52. The summed E-state index contributed by atoms with van der Waals surface area (Å²) in [6.07, 6.45) is 1.66. The summed E-state index contributed by atoms with van der Waals surface area (Å²) < 4.78 is 7.61. The van der Waals surface area contributed by atoms with E-state index in [1.54, 1.807) is 7.11 Å². The zero-order valence-electron chi connectivity index (χ0n) is 23.0. The van der Waals surface area contributed by atoms with Crippen LogP contribution in [0.25, 0.3) is 10.9 Å². The van der Waals surface area contributed by atoms with Crippen molar-refractivity contribution in [2.75, 3.05) is 7.11 Å². The van der Waals surface area contributed by atoms with Gasteiger partial charge in [0.2, 0.25) is 0 Å². The maximum absolute atomic E-state index is 13.3. The van der Waals surface area contributed by atoms with Gasteiger partial charge < -0.3 is 9.72 Å². The van der Waals surface area contributed by atoms with Crippen molar-refractivity contribution >= 4 is 10.9 Å². The predicted octanol–water partition coefficient (Wildman–Crippen LogP) is 5.44. The molecule has 0 bridgehead atoms. The molecule has 0 spiro atoms. The number of methoxy groups -OCH3 is 1. The molecule has 37 heavy (non-hydrogen) atoms. The van der Waals surface area contributed by atoms with Crippen LogP contribution in [-0.2, 0) is 18.6 Å². The van der Waals surface area contributed by atoms with Gasteiger partial charge in [0.05, 0.1) is 24.2 Å². The van der Waals surface area contributed by atoms with Gasteiger partial charge in [0.15, 0.2) is 5.82 Å². The van der Waals surface area contributed by atoms with Crippen molar-refractivity contribution in [1.82, 2.24) is 30.1 Å². The van der Waals surface area contributed by atoms with Crippen LogP contribution in [0.3, 0.4) is 0 Å². The molecule has 0 saturated carbocycles. The first-order valence-electron chi connectivity index (χ1n) is 13.0. The summed E-state index contributed by atoms with van der Waals surface area (Å²) in [5, 5.41) is 14.0. The second kappa shape index (κ2) is 10.8. The Morgan fingerprint density at radius 2 is 1.76 bits per heavy atom. The van der Waals surface area contributed by atoms with Gasteiger partial charge in [-0.15, -0.1) is 5.10 Å². The minimum Gasteiger partial charge on any atom is -0.496 e. The predicted molar refractivity (Wildman–Crippen MR) is 147 cm³/mol. The normalized spacial score (nSPS) is 12.9. The number of benzene rings is 2. The largest absolute Gasteiger partial charge is 0.496 e. The van der Waals surface area contributed by atoms with Crippen LogP contribution < -0.4 is 10.3 Å². The van der Waals surface area contributed by atoms with E-state index in [4.69, 9.17) is 4.74 Å². The van der Waals surface area contributed by atoms with Crippen LogP contribution >= 0.6 is 0 Å². The quantitative estimate of drug-likeness (QED) is 0.311. The molecule has 196 valence electrons. The summed E-state index contributed by atoms with van der Waals surface area (Å²) in [5.41, 5.74) is 4.53. The fourth-order valence-corrected chi connectivity index (χ4v) is 4.87. The number of pyridine rings is 1. The van der Waals surface area contributed by atoms with Crippen molar-refractivity contribution in [2.45, 2.75) is 79.1 Å². The lowest BCUT2D eigenvalue weighted by Gasteiger charge is -2.33. The van der Waals surface area contributed by atoms with E-state index >= 15 is 0 Å². The van der Waals surface area contributed by atoms with E-state index in [-0.39, 0.29) is 17.1 Å². The molecule has 8 nitrogen and oxygen atoms in total. The molecule has 0 amide bonds. The number of aromatic amines is 1. The molecule has 0 saturated heterocycles. The van der Waals surface area contributed by atoms with E-state index in [1.165, 1.54) is 0 Å². The highest BCUT2D eigenvalue weighted by atomic mass is 16.5. The molecule has 1 N–H and O–H groups in total. The maximum Gasteiger partial charge on any atom is 0.252 e. The summed E-state index contributed by atoms with van der Waals surface area (Å²) in [6.45, 7) is 13.7. The van der Waals surface area contributed by atoms with Gasteiger partial charge in [-0.05, 0) is 74.2 Å². The second-order valence-electron chi connectivity index (χ2n) is 10.4. The van der Waals surface area contributed by atoms with Gasteiger partial charge in [0.1, 0.15) is 5.75 Å². The van der Waals surface area contributed by atoms with Gasteiger partial charge >= 0.3 is 0 Å². The molecule has 0 aliphatic heterocycles. The third-order valence-electron chi connectivity index (χ3n) is 7.52. The van der Waals surface area contributed by atoms with Crippen molar-refractivity contribution in [3.63, 3.8) is 0 Å². The van der Waals surface area contributed by atoms with Crippen molar-refractivity contribution in [3.05, 3.63) is 80.9 Å². The number of aromatic nitrogens is 5. The number of H-pyrrole nitrogens is 1. The summed E-state index contributed by atoms with van der Waals surface area (Å²) in [4.78, 5) is 18.8. The molecule has 4 aromatic rings. The van der Waals surface area contributed by atoms with Gasteiger partial charge in [-0.3, -0.25) is 9.69 Å². The van der Waals surface area contributed by atoms with Gasteiger partial charge in [0.25, 0.3) is 5.56 Å². The molecule has 4 rings (SSSR count). The Kier molecular flexibility index (Phi) is 7.78. The summed E-state index contributed by atoms with van der Waals surface area (Å²) in [7, 11) is 1.68. The molecule has 0 aliphatic rings. The Balaban J connectivity index is 1.83. The van der Waals surface area contributed by atoms with E-state index in [0.717, 1.165) is 52.0 Å². The van der Waals surface area contributed by atoms with E-state index in [1.807, 2.05) is 41.9 Å². The van der Waals surface area contributed by atoms with Crippen LogP contribution in [-0.4, -0.2) is 37.2 Å². The number of ether oxygens (including phenoxy) is 1. The highest BCUT2D eigenvalue weighted by Gasteiger charge is 2.31. The molecule has 0 fully saturated rings. The molecule has 0 radical (unpaired) electrons. The number of aryl methyl sites for hydroxylation is 2. The first-order valence-corrected chi connectivity index (χ1v) is 13.0. The number of hydrogen-bond donors (Lipinski definition) is 1. The van der Waals surface area contributed by atoms with Crippen molar-refractivity contribution in [3.8, 4) is 5.75 Å². The van der Waals surface area contributed by atoms with Crippen LogP contribution in [0.5, 0.6) is 5.75 Å². The van der Waals surface area contributed by atoms with Gasteiger partial charge in [-0.1, -0.05) is 44.2 Å². The Morgan fingerprint density at radius 3 is 2.46 bits per heavy atom. The number of rotatable bonds is 10. The molecular weight excluding hydrogens is 464 g/mol. The lowest BCUT2D eigenvalue weighted by Crippen LogP contribution is -2.36. The van der Waals surface area contributed by atoms with Crippen LogP contribution in [0.4, 0.5) is 0 Å². The fraction of sp³-hybridized carbons (Fsp3) is 0.448. The van der Waals surface area contributed by atoms with Crippen LogP contribution in [0, 0.1) is 13.8 Å². The third-order valence-corrected chi connectivity index (χ3v) is 7.52. The number of fused-ring (bicyclic) bond motifs is 1. The average Bonchev–Trinajstić information content (AvgIpc) is 3.38. The molecule has 2 aromatic heterocycles. The van der Waals surface area contributed by atoms with E-state index in [9.17, 15) is 4.79 Å². The first kappa shape index (κ1) is 26.5. The van der Waals surface area contributed by atoms with Crippen molar-refractivity contribution in [1.29, 1.82) is 0 Å². The monoisotopic (exact) mass is 502 g/mol.